The lowest BCUT2D eigenvalue weighted by Gasteiger charge is -2.08. The lowest BCUT2D eigenvalue weighted by atomic mass is 10.1. The lowest BCUT2D eigenvalue weighted by Crippen LogP contribution is -2.21. The Balaban J connectivity index is 1.56. The van der Waals surface area contributed by atoms with E-state index in [1.807, 2.05) is 21.6 Å². The molecule has 4 nitrogen and oxygen atoms in total. The molecule has 1 fully saturated rings. The second kappa shape index (κ2) is 10.1. The van der Waals surface area contributed by atoms with Crippen molar-refractivity contribution in [3.63, 3.8) is 0 Å². The van der Waals surface area contributed by atoms with Crippen molar-refractivity contribution in [2.45, 2.75) is 37.4 Å². The Hall–Kier alpha value is -0.850. The second-order valence-corrected chi connectivity index (χ2v) is 8.46. The van der Waals surface area contributed by atoms with Crippen molar-refractivity contribution >= 4 is 50.8 Å². The molecule has 1 atom stereocenters. The lowest BCUT2D eigenvalue weighted by molar-refractivity contribution is -0.147. The molecular weight excluding hydrogens is 354 g/mol. The van der Waals surface area contributed by atoms with Crippen LogP contribution in [0.3, 0.4) is 0 Å². The molecule has 1 heterocycles. The fraction of sp³-hybridized carbons (Fsp3) is 0.500. The third kappa shape index (κ3) is 7.06. The predicted molar refractivity (Wildman–Crippen MR) is 98.0 cm³/mol. The summed E-state index contributed by atoms with van der Waals surface area (Å²) in [6, 6.07) is 6.93. The van der Waals surface area contributed by atoms with E-state index in [0.717, 1.165) is 24.5 Å². The number of anilines is 1. The number of amides is 1. The first-order valence-electron chi connectivity index (χ1n) is 7.63. The van der Waals surface area contributed by atoms with Crippen LogP contribution >= 0.6 is 33.2 Å². The summed E-state index contributed by atoms with van der Waals surface area (Å²) in [6.45, 7) is -0.279. The summed E-state index contributed by atoms with van der Waals surface area (Å²) in [7, 11) is 3.88. The van der Waals surface area contributed by atoms with Gasteiger partial charge < -0.3 is 10.1 Å². The van der Waals surface area contributed by atoms with Crippen molar-refractivity contribution in [1.82, 2.24) is 0 Å². The summed E-state index contributed by atoms with van der Waals surface area (Å²) < 4.78 is 4.98. The van der Waals surface area contributed by atoms with E-state index < -0.39 is 0 Å². The topological polar surface area (TPSA) is 55.4 Å². The minimum absolute atomic E-state index is 0.279. The molecule has 1 aliphatic heterocycles. The average molecular weight is 374 g/mol. The normalized spacial score (nSPS) is 17.0. The van der Waals surface area contributed by atoms with Gasteiger partial charge in [-0.3, -0.25) is 9.59 Å². The number of unbranched alkanes of at least 4 members (excludes halogenated alkanes) is 1. The summed E-state index contributed by atoms with van der Waals surface area (Å²) in [4.78, 5) is 23.3. The van der Waals surface area contributed by atoms with Gasteiger partial charge in [-0.1, -0.05) is 51.7 Å². The van der Waals surface area contributed by atoms with Gasteiger partial charge in [-0.05, 0) is 31.4 Å². The molecule has 1 amide bonds. The summed E-state index contributed by atoms with van der Waals surface area (Å²) in [5.74, 6) is 0.524. The number of nitrogens with one attached hydrogen (secondary N) is 1. The van der Waals surface area contributed by atoms with Crippen molar-refractivity contribution in [3.8, 4) is 0 Å². The second-order valence-electron chi connectivity index (χ2n) is 5.26. The van der Waals surface area contributed by atoms with E-state index in [2.05, 4.69) is 5.32 Å². The molecule has 0 spiro atoms. The van der Waals surface area contributed by atoms with Crippen molar-refractivity contribution in [2.75, 3.05) is 17.7 Å². The molecule has 7 heteroatoms. The van der Waals surface area contributed by atoms with Crippen LogP contribution in [0.4, 0.5) is 5.69 Å². The van der Waals surface area contributed by atoms with Crippen LogP contribution in [0.1, 0.15) is 32.1 Å². The molecule has 0 radical (unpaired) electrons. The van der Waals surface area contributed by atoms with E-state index in [0.29, 0.717) is 17.1 Å². The fourth-order valence-corrected chi connectivity index (χ4v) is 5.38. The zero-order chi connectivity index (χ0) is 16.5. The first-order chi connectivity index (χ1) is 11.1. The number of hydrogen-bond donors (Lipinski definition) is 1. The highest BCUT2D eigenvalue weighted by Crippen LogP contribution is 2.39. The minimum atomic E-state index is -0.383. The highest BCUT2D eigenvalue weighted by Gasteiger charge is 2.16. The Kier molecular flexibility index (Phi) is 8.12. The number of ether oxygens (including phenoxy) is 1. The monoisotopic (exact) mass is 373 g/mol. The molecule has 0 unspecified atom stereocenters. The Labute approximate surface area is 149 Å². The predicted octanol–water partition coefficient (Wildman–Crippen LogP) is 4.54. The maximum Gasteiger partial charge on any atom is 0.306 e. The van der Waals surface area contributed by atoms with Gasteiger partial charge in [0.15, 0.2) is 6.61 Å². The van der Waals surface area contributed by atoms with Crippen LogP contribution in [0.2, 0.25) is 5.02 Å². The quantitative estimate of drug-likeness (QED) is 0.412. The molecule has 126 valence electrons. The first kappa shape index (κ1) is 18.5. The van der Waals surface area contributed by atoms with E-state index in [-0.39, 0.29) is 18.5 Å². The largest absolute Gasteiger partial charge is 0.456 e. The van der Waals surface area contributed by atoms with Gasteiger partial charge in [0.1, 0.15) is 0 Å². The number of halogens is 1. The number of rotatable bonds is 8. The number of esters is 1. The smallest absolute Gasteiger partial charge is 0.306 e. The summed E-state index contributed by atoms with van der Waals surface area (Å²) in [6.07, 6.45) is 4.62. The van der Waals surface area contributed by atoms with Gasteiger partial charge in [-0.2, -0.15) is 0 Å². The average Bonchev–Trinajstić information content (AvgIpc) is 3.05. The summed E-state index contributed by atoms with van der Waals surface area (Å²) >= 11 is 5.94. The van der Waals surface area contributed by atoms with Crippen LogP contribution in [0.15, 0.2) is 24.3 Å². The van der Waals surface area contributed by atoms with Crippen LogP contribution in [-0.4, -0.2) is 29.5 Å². The van der Waals surface area contributed by atoms with E-state index in [1.54, 1.807) is 24.3 Å². The highest BCUT2D eigenvalue weighted by molar-refractivity contribution is 8.77. The fourth-order valence-electron chi connectivity index (χ4n) is 2.17. The number of hydrogen-bond acceptors (Lipinski definition) is 5. The molecule has 2 rings (SSSR count). The van der Waals surface area contributed by atoms with Crippen LogP contribution in [0, 0.1) is 0 Å². The Morgan fingerprint density at radius 3 is 2.87 bits per heavy atom. The van der Waals surface area contributed by atoms with Crippen molar-refractivity contribution < 1.29 is 14.3 Å². The molecule has 1 aliphatic rings. The maximum atomic E-state index is 11.7. The molecular formula is C16H20ClNO3S2. The number of carbonyl (C=O) groups excluding carboxylic acids is 2. The van der Waals surface area contributed by atoms with E-state index >= 15 is 0 Å². The molecule has 0 bridgehead atoms. The molecule has 1 N–H and O–H groups in total. The van der Waals surface area contributed by atoms with Crippen LogP contribution < -0.4 is 5.32 Å². The molecule has 0 saturated carbocycles. The molecule has 1 aromatic rings. The van der Waals surface area contributed by atoms with Crippen molar-refractivity contribution in [1.29, 1.82) is 0 Å². The van der Waals surface area contributed by atoms with Gasteiger partial charge in [0.2, 0.25) is 0 Å². The van der Waals surface area contributed by atoms with Gasteiger partial charge >= 0.3 is 5.97 Å². The SMILES string of the molecule is O=C(COC(=O)CCCC[C@H]1CCSS1)Nc1ccccc1Cl. The van der Waals surface area contributed by atoms with E-state index in [9.17, 15) is 9.59 Å². The summed E-state index contributed by atoms with van der Waals surface area (Å²) in [5, 5.41) is 3.80. The third-order valence-electron chi connectivity index (χ3n) is 3.40. The van der Waals surface area contributed by atoms with Gasteiger partial charge in [0.05, 0.1) is 10.7 Å². The standard InChI is InChI=1S/C16H20ClNO3S2/c17-13-6-2-3-7-14(13)18-15(19)11-21-16(20)8-4-1-5-12-9-10-22-23-12/h2-3,6-7,12H,1,4-5,8-11H2,(H,18,19)/t12-/m0/s1. The number of para-hydroxylation sites is 1. The van der Waals surface area contributed by atoms with Gasteiger partial charge in [-0.25, -0.2) is 0 Å². The molecule has 0 aliphatic carbocycles. The number of benzene rings is 1. The summed E-state index contributed by atoms with van der Waals surface area (Å²) in [5.41, 5.74) is 0.516. The van der Waals surface area contributed by atoms with Crippen molar-refractivity contribution in [3.05, 3.63) is 29.3 Å². The highest BCUT2D eigenvalue weighted by atomic mass is 35.5. The zero-order valence-corrected chi connectivity index (χ0v) is 15.1. The zero-order valence-electron chi connectivity index (χ0n) is 12.8. The van der Waals surface area contributed by atoms with Gasteiger partial charge in [-0.15, -0.1) is 0 Å². The Morgan fingerprint density at radius 2 is 2.13 bits per heavy atom. The maximum absolute atomic E-state index is 11.7. The minimum Gasteiger partial charge on any atom is -0.456 e. The Morgan fingerprint density at radius 1 is 1.30 bits per heavy atom. The molecule has 1 aromatic carbocycles. The van der Waals surface area contributed by atoms with E-state index in [4.69, 9.17) is 16.3 Å². The first-order valence-corrected chi connectivity index (χ1v) is 10.4. The van der Waals surface area contributed by atoms with Crippen LogP contribution in [0.25, 0.3) is 0 Å². The molecule has 23 heavy (non-hydrogen) atoms. The molecule has 1 saturated heterocycles. The third-order valence-corrected chi connectivity index (χ3v) is 6.73. The van der Waals surface area contributed by atoms with Crippen LogP contribution in [-0.2, 0) is 14.3 Å². The number of carbonyl (C=O) groups is 2. The van der Waals surface area contributed by atoms with Crippen molar-refractivity contribution in [2.24, 2.45) is 0 Å². The van der Waals surface area contributed by atoms with Crippen LogP contribution in [0.5, 0.6) is 0 Å². The van der Waals surface area contributed by atoms with Gasteiger partial charge in [0, 0.05) is 17.4 Å². The van der Waals surface area contributed by atoms with E-state index in [1.165, 1.54) is 12.2 Å². The Bertz CT molecular complexity index is 536. The van der Waals surface area contributed by atoms with Gasteiger partial charge in [0.25, 0.3) is 5.91 Å². The molecule has 0 aromatic heterocycles.